The lowest BCUT2D eigenvalue weighted by molar-refractivity contribution is 0.00913. The van der Waals surface area contributed by atoms with E-state index in [4.69, 9.17) is 4.74 Å². The Balaban J connectivity index is 1.57. The van der Waals surface area contributed by atoms with Gasteiger partial charge in [0.1, 0.15) is 0 Å². The lowest BCUT2D eigenvalue weighted by Crippen LogP contribution is -2.28. The maximum absolute atomic E-state index is 6.04. The lowest BCUT2D eigenvalue weighted by atomic mass is 9.70. The summed E-state index contributed by atoms with van der Waals surface area (Å²) in [6.07, 6.45) is 26.0. The van der Waals surface area contributed by atoms with Gasteiger partial charge in [-0.05, 0) is 88.9 Å². The second kappa shape index (κ2) is 11.9. The van der Waals surface area contributed by atoms with E-state index in [1.54, 1.807) is 0 Å². The van der Waals surface area contributed by atoms with Crippen LogP contribution in [0.4, 0.5) is 0 Å². The molecule has 1 nitrogen and oxygen atoms in total. The molecule has 2 rings (SSSR count). The average molecular weight is 333 g/mol. The summed E-state index contributed by atoms with van der Waals surface area (Å²) in [6, 6.07) is 0. The quantitative estimate of drug-likeness (QED) is 0.324. The van der Waals surface area contributed by atoms with Crippen LogP contribution in [0.25, 0.3) is 0 Å². The van der Waals surface area contributed by atoms with Crippen LogP contribution in [-0.4, -0.2) is 12.7 Å². The zero-order valence-corrected chi connectivity index (χ0v) is 16.2. The molecule has 24 heavy (non-hydrogen) atoms. The first kappa shape index (κ1) is 19.8. The number of ether oxygens (including phenoxy) is 1. The van der Waals surface area contributed by atoms with Gasteiger partial charge in [0.25, 0.3) is 0 Å². The first-order valence-electron chi connectivity index (χ1n) is 10.7. The second-order valence-corrected chi connectivity index (χ2v) is 8.00. The molecular weight excluding hydrogens is 292 g/mol. The van der Waals surface area contributed by atoms with Crippen LogP contribution < -0.4 is 0 Å². The van der Waals surface area contributed by atoms with Crippen LogP contribution in [0, 0.1) is 17.8 Å². The summed E-state index contributed by atoms with van der Waals surface area (Å²) in [6.45, 7) is 5.23. The highest BCUT2D eigenvalue weighted by Crippen LogP contribution is 2.41. The van der Waals surface area contributed by atoms with Crippen LogP contribution >= 0.6 is 0 Å². The fourth-order valence-corrected chi connectivity index (χ4v) is 4.76. The number of rotatable bonds is 9. The Kier molecular flexibility index (Phi) is 9.80. The molecule has 0 bridgehead atoms. The Morgan fingerprint density at radius 2 is 1.46 bits per heavy atom. The fraction of sp³-hybridized carbons (Fsp3) is 0.826. The van der Waals surface area contributed by atoms with E-state index in [1.165, 1.54) is 70.6 Å². The Labute approximate surface area is 150 Å². The van der Waals surface area contributed by atoms with Crippen molar-refractivity contribution in [3.8, 4) is 0 Å². The molecule has 1 heteroatoms. The van der Waals surface area contributed by atoms with Crippen molar-refractivity contribution in [3.05, 3.63) is 24.3 Å². The third-order valence-electron chi connectivity index (χ3n) is 6.29. The molecule has 0 atom stereocenters. The van der Waals surface area contributed by atoms with E-state index in [9.17, 15) is 0 Å². The van der Waals surface area contributed by atoms with Crippen molar-refractivity contribution in [3.63, 3.8) is 0 Å². The zero-order valence-electron chi connectivity index (χ0n) is 16.2. The summed E-state index contributed by atoms with van der Waals surface area (Å²) in [5.74, 6) is 3.03. The standard InChI is InChI=1S/C23H40O/c1-3-5-7-8-10-20-11-13-21(14-12-20)22-15-17-23(18-16-22)24-19-9-6-4-2/h4-7,20-23H,3,8-19H2,1-2H3. The molecule has 0 aliphatic heterocycles. The molecule has 2 fully saturated rings. The van der Waals surface area contributed by atoms with Gasteiger partial charge in [0.05, 0.1) is 12.7 Å². The molecule has 2 aliphatic rings. The summed E-state index contributed by atoms with van der Waals surface area (Å²) < 4.78 is 6.04. The van der Waals surface area contributed by atoms with Crippen molar-refractivity contribution in [2.45, 2.75) is 97.0 Å². The smallest absolute Gasteiger partial charge is 0.0575 e. The summed E-state index contributed by atoms with van der Waals surface area (Å²) in [4.78, 5) is 0. The van der Waals surface area contributed by atoms with Crippen molar-refractivity contribution in [2.24, 2.45) is 17.8 Å². The topological polar surface area (TPSA) is 9.23 Å². The SMILES string of the molecule is CC=CCCOC1CCC(C2CCC(CCC=CCC)CC2)CC1. The molecular formula is C23H40O. The maximum atomic E-state index is 6.04. The van der Waals surface area contributed by atoms with E-state index in [2.05, 4.69) is 38.2 Å². The average Bonchev–Trinajstić information content (AvgIpc) is 2.64. The van der Waals surface area contributed by atoms with Gasteiger partial charge in [-0.1, -0.05) is 44.1 Å². The van der Waals surface area contributed by atoms with Gasteiger partial charge >= 0.3 is 0 Å². The van der Waals surface area contributed by atoms with Crippen LogP contribution in [0.3, 0.4) is 0 Å². The summed E-state index contributed by atoms with van der Waals surface area (Å²) >= 11 is 0. The fourth-order valence-electron chi connectivity index (χ4n) is 4.76. The molecule has 2 saturated carbocycles. The molecule has 0 aromatic carbocycles. The van der Waals surface area contributed by atoms with Gasteiger partial charge in [0.2, 0.25) is 0 Å². The third kappa shape index (κ3) is 7.13. The summed E-state index contributed by atoms with van der Waals surface area (Å²) in [5, 5.41) is 0. The molecule has 0 heterocycles. The normalized spacial score (nSPS) is 31.9. The van der Waals surface area contributed by atoms with Gasteiger partial charge in [-0.3, -0.25) is 0 Å². The molecule has 0 radical (unpaired) electrons. The van der Waals surface area contributed by atoms with Gasteiger partial charge < -0.3 is 4.74 Å². The molecule has 0 unspecified atom stereocenters. The van der Waals surface area contributed by atoms with Crippen LogP contribution in [0.5, 0.6) is 0 Å². The first-order valence-corrected chi connectivity index (χ1v) is 10.7. The van der Waals surface area contributed by atoms with E-state index in [-0.39, 0.29) is 0 Å². The van der Waals surface area contributed by atoms with Crippen molar-refractivity contribution in [1.29, 1.82) is 0 Å². The minimum absolute atomic E-state index is 0.549. The van der Waals surface area contributed by atoms with Crippen LogP contribution in [0.15, 0.2) is 24.3 Å². The molecule has 2 aliphatic carbocycles. The highest BCUT2D eigenvalue weighted by atomic mass is 16.5. The van der Waals surface area contributed by atoms with E-state index >= 15 is 0 Å². The van der Waals surface area contributed by atoms with E-state index in [0.717, 1.165) is 30.8 Å². The number of allylic oxidation sites excluding steroid dienone is 3. The maximum Gasteiger partial charge on any atom is 0.0575 e. The minimum atomic E-state index is 0.549. The Bertz CT molecular complexity index is 354. The minimum Gasteiger partial charge on any atom is -0.378 e. The van der Waals surface area contributed by atoms with Crippen molar-refractivity contribution in [1.82, 2.24) is 0 Å². The van der Waals surface area contributed by atoms with Gasteiger partial charge in [-0.2, -0.15) is 0 Å². The van der Waals surface area contributed by atoms with Gasteiger partial charge in [0, 0.05) is 0 Å². The highest BCUT2D eigenvalue weighted by Gasteiger charge is 2.30. The Morgan fingerprint density at radius 1 is 0.792 bits per heavy atom. The molecule has 138 valence electrons. The number of hydrogen-bond acceptors (Lipinski definition) is 1. The highest BCUT2D eigenvalue weighted by molar-refractivity contribution is 4.85. The molecule has 0 amide bonds. The Morgan fingerprint density at radius 3 is 2.08 bits per heavy atom. The van der Waals surface area contributed by atoms with Crippen LogP contribution in [0.2, 0.25) is 0 Å². The van der Waals surface area contributed by atoms with Crippen molar-refractivity contribution >= 4 is 0 Å². The summed E-state index contributed by atoms with van der Waals surface area (Å²) in [5.41, 5.74) is 0. The second-order valence-electron chi connectivity index (χ2n) is 8.00. The van der Waals surface area contributed by atoms with Crippen LogP contribution in [-0.2, 0) is 4.74 Å². The zero-order chi connectivity index (χ0) is 17.0. The van der Waals surface area contributed by atoms with Crippen molar-refractivity contribution < 1.29 is 4.74 Å². The van der Waals surface area contributed by atoms with Crippen molar-refractivity contribution in [2.75, 3.05) is 6.61 Å². The van der Waals surface area contributed by atoms with Gasteiger partial charge in [-0.15, -0.1) is 0 Å². The number of hydrogen-bond donors (Lipinski definition) is 0. The first-order chi connectivity index (χ1) is 11.8. The Hall–Kier alpha value is -0.560. The van der Waals surface area contributed by atoms with E-state index in [0.29, 0.717) is 6.10 Å². The molecule has 0 aromatic heterocycles. The van der Waals surface area contributed by atoms with E-state index in [1.807, 2.05) is 0 Å². The van der Waals surface area contributed by atoms with E-state index < -0.39 is 0 Å². The monoisotopic (exact) mass is 332 g/mol. The largest absolute Gasteiger partial charge is 0.378 e. The predicted octanol–water partition coefficient (Wildman–Crippen LogP) is 7.08. The third-order valence-corrected chi connectivity index (χ3v) is 6.29. The summed E-state index contributed by atoms with van der Waals surface area (Å²) in [7, 11) is 0. The lowest BCUT2D eigenvalue weighted by Gasteiger charge is -2.37. The molecule has 0 spiro atoms. The van der Waals surface area contributed by atoms with Gasteiger partial charge in [-0.25, -0.2) is 0 Å². The van der Waals surface area contributed by atoms with Gasteiger partial charge in [0.15, 0.2) is 0 Å². The predicted molar refractivity (Wildman–Crippen MR) is 105 cm³/mol. The molecule has 0 aromatic rings. The molecule has 0 saturated heterocycles. The van der Waals surface area contributed by atoms with Crippen LogP contribution in [0.1, 0.15) is 90.9 Å². The molecule has 0 N–H and O–H groups in total.